The van der Waals surface area contributed by atoms with Gasteiger partial charge in [-0.1, -0.05) is 30.3 Å². The van der Waals surface area contributed by atoms with Crippen LogP contribution in [-0.2, 0) is 9.53 Å². The number of hydrogen-bond donors (Lipinski definition) is 3. The third kappa shape index (κ3) is 4.74. The molecule has 2 rings (SSSR count). The summed E-state index contributed by atoms with van der Waals surface area (Å²) in [5.74, 6) is -0.393. The molecule has 0 aliphatic heterocycles. The van der Waals surface area contributed by atoms with Gasteiger partial charge in [0.25, 0.3) is 0 Å². The highest BCUT2D eigenvalue weighted by Gasteiger charge is 2.21. The van der Waals surface area contributed by atoms with Gasteiger partial charge in [-0.05, 0) is 36.8 Å². The summed E-state index contributed by atoms with van der Waals surface area (Å²) in [6.07, 6.45) is -1.14. The van der Waals surface area contributed by atoms with E-state index >= 15 is 0 Å². The number of carbonyl (C=O) groups excluding carboxylic acids is 1. The van der Waals surface area contributed by atoms with Crippen molar-refractivity contribution in [3.8, 4) is 0 Å². The van der Waals surface area contributed by atoms with Gasteiger partial charge in [0, 0.05) is 11.4 Å². The summed E-state index contributed by atoms with van der Waals surface area (Å²) in [5.41, 5.74) is 1.91. The first-order valence-corrected chi connectivity index (χ1v) is 7.18. The van der Waals surface area contributed by atoms with Crippen molar-refractivity contribution in [2.45, 2.75) is 13.0 Å². The summed E-state index contributed by atoms with van der Waals surface area (Å²) in [5, 5.41) is 14.1. The first-order chi connectivity index (χ1) is 11.1. The van der Waals surface area contributed by atoms with Gasteiger partial charge in [0.15, 0.2) is 6.04 Å². The van der Waals surface area contributed by atoms with E-state index in [2.05, 4.69) is 10.6 Å². The van der Waals surface area contributed by atoms with E-state index in [4.69, 9.17) is 9.84 Å². The fourth-order valence-electron chi connectivity index (χ4n) is 2.09. The minimum absolute atomic E-state index is 0.282. The van der Waals surface area contributed by atoms with E-state index in [-0.39, 0.29) is 6.61 Å². The van der Waals surface area contributed by atoms with E-state index in [1.54, 1.807) is 31.2 Å². The smallest absolute Gasteiger partial charge is 0.409 e. The maximum absolute atomic E-state index is 12.2. The number of ether oxygens (including phenoxy) is 1. The van der Waals surface area contributed by atoms with Crippen molar-refractivity contribution in [1.29, 1.82) is 0 Å². The lowest BCUT2D eigenvalue weighted by Gasteiger charge is -2.19. The SMILES string of the molecule is CCOC(=O)C(Nc1ccccc1)c1ccc(NC(=O)O)cc1. The molecule has 1 amide bonds. The van der Waals surface area contributed by atoms with Crippen LogP contribution in [0.2, 0.25) is 0 Å². The topological polar surface area (TPSA) is 87.7 Å². The lowest BCUT2D eigenvalue weighted by atomic mass is 10.1. The number of nitrogens with one attached hydrogen (secondary N) is 2. The zero-order chi connectivity index (χ0) is 16.7. The van der Waals surface area contributed by atoms with E-state index in [0.717, 1.165) is 5.69 Å². The molecule has 3 N–H and O–H groups in total. The molecule has 2 aromatic rings. The van der Waals surface area contributed by atoms with Crippen molar-refractivity contribution in [3.63, 3.8) is 0 Å². The number of carbonyl (C=O) groups is 2. The molecule has 6 nitrogen and oxygen atoms in total. The van der Waals surface area contributed by atoms with Crippen LogP contribution in [0.25, 0.3) is 0 Å². The Kier molecular flexibility index (Phi) is 5.57. The molecule has 1 unspecified atom stereocenters. The van der Waals surface area contributed by atoms with Crippen molar-refractivity contribution >= 4 is 23.4 Å². The van der Waals surface area contributed by atoms with Crippen molar-refractivity contribution in [1.82, 2.24) is 0 Å². The molecule has 0 saturated carbocycles. The van der Waals surface area contributed by atoms with Crippen LogP contribution < -0.4 is 10.6 Å². The second kappa shape index (κ2) is 7.84. The quantitative estimate of drug-likeness (QED) is 0.710. The van der Waals surface area contributed by atoms with E-state index in [0.29, 0.717) is 11.3 Å². The Morgan fingerprint density at radius 3 is 2.26 bits per heavy atom. The van der Waals surface area contributed by atoms with Gasteiger partial charge < -0.3 is 15.2 Å². The molecule has 0 fully saturated rings. The Balaban J connectivity index is 2.22. The van der Waals surface area contributed by atoms with Gasteiger partial charge in [0.1, 0.15) is 0 Å². The van der Waals surface area contributed by atoms with E-state index in [1.807, 2.05) is 30.3 Å². The molecule has 0 aromatic heterocycles. The first kappa shape index (κ1) is 16.4. The summed E-state index contributed by atoms with van der Waals surface area (Å²) < 4.78 is 5.11. The average Bonchev–Trinajstić information content (AvgIpc) is 2.54. The highest BCUT2D eigenvalue weighted by molar-refractivity contribution is 5.84. The number of amides is 1. The Morgan fingerprint density at radius 2 is 1.70 bits per heavy atom. The van der Waals surface area contributed by atoms with Gasteiger partial charge in [-0.25, -0.2) is 9.59 Å². The maximum atomic E-state index is 12.2. The molecule has 1 atom stereocenters. The molecule has 120 valence electrons. The zero-order valence-corrected chi connectivity index (χ0v) is 12.7. The van der Waals surface area contributed by atoms with Gasteiger partial charge in [-0.15, -0.1) is 0 Å². The standard InChI is InChI=1S/C17H18N2O4/c1-2-23-16(20)15(18-13-6-4-3-5-7-13)12-8-10-14(11-9-12)19-17(21)22/h3-11,15,18-19H,2H2,1H3,(H,21,22). The number of hydrogen-bond acceptors (Lipinski definition) is 4. The predicted molar refractivity (Wildman–Crippen MR) is 87.5 cm³/mol. The van der Waals surface area contributed by atoms with Crippen molar-refractivity contribution in [2.24, 2.45) is 0 Å². The van der Waals surface area contributed by atoms with Gasteiger partial charge in [0.05, 0.1) is 6.61 Å². The second-order valence-corrected chi connectivity index (χ2v) is 4.75. The second-order valence-electron chi connectivity index (χ2n) is 4.75. The van der Waals surface area contributed by atoms with Gasteiger partial charge in [-0.3, -0.25) is 5.32 Å². The molecule has 2 aromatic carbocycles. The van der Waals surface area contributed by atoms with Crippen molar-refractivity contribution < 1.29 is 19.4 Å². The Bertz CT molecular complexity index is 656. The van der Waals surface area contributed by atoms with Crippen LogP contribution in [0, 0.1) is 0 Å². The molecule has 0 aliphatic rings. The number of anilines is 2. The molecule has 0 radical (unpaired) electrons. The lowest BCUT2D eigenvalue weighted by molar-refractivity contribution is -0.144. The molecule has 6 heteroatoms. The first-order valence-electron chi connectivity index (χ1n) is 7.18. The Labute approximate surface area is 134 Å². The lowest BCUT2D eigenvalue weighted by Crippen LogP contribution is -2.23. The number of para-hydroxylation sites is 1. The molecule has 0 saturated heterocycles. The van der Waals surface area contributed by atoms with Crippen LogP contribution in [0.1, 0.15) is 18.5 Å². The molecular formula is C17H18N2O4. The Morgan fingerprint density at radius 1 is 1.04 bits per heavy atom. The number of carboxylic acid groups (broad SMARTS) is 1. The fraction of sp³-hybridized carbons (Fsp3) is 0.176. The highest BCUT2D eigenvalue weighted by Crippen LogP contribution is 2.22. The third-order valence-corrected chi connectivity index (χ3v) is 3.10. The monoisotopic (exact) mass is 314 g/mol. The zero-order valence-electron chi connectivity index (χ0n) is 12.7. The van der Waals surface area contributed by atoms with Crippen LogP contribution in [0.4, 0.5) is 16.2 Å². The molecule has 0 aliphatic carbocycles. The van der Waals surface area contributed by atoms with E-state index in [9.17, 15) is 9.59 Å². The minimum Gasteiger partial charge on any atom is -0.465 e. The largest absolute Gasteiger partial charge is 0.465 e. The van der Waals surface area contributed by atoms with E-state index < -0.39 is 18.1 Å². The van der Waals surface area contributed by atoms with Crippen LogP contribution in [0.3, 0.4) is 0 Å². The van der Waals surface area contributed by atoms with Crippen LogP contribution in [-0.4, -0.2) is 23.8 Å². The maximum Gasteiger partial charge on any atom is 0.409 e. The molecule has 0 heterocycles. The Hall–Kier alpha value is -3.02. The molecule has 0 bridgehead atoms. The van der Waals surface area contributed by atoms with Crippen LogP contribution in [0.5, 0.6) is 0 Å². The summed E-state index contributed by atoms with van der Waals surface area (Å²) in [6, 6.07) is 15.2. The predicted octanol–water partition coefficient (Wildman–Crippen LogP) is 3.49. The average molecular weight is 314 g/mol. The van der Waals surface area contributed by atoms with Crippen molar-refractivity contribution in [3.05, 3.63) is 60.2 Å². The summed E-state index contributed by atoms with van der Waals surface area (Å²) in [7, 11) is 0. The van der Waals surface area contributed by atoms with Crippen molar-refractivity contribution in [2.75, 3.05) is 17.2 Å². The normalized spacial score (nSPS) is 11.3. The number of rotatable bonds is 6. The van der Waals surface area contributed by atoms with Gasteiger partial charge >= 0.3 is 12.1 Å². The number of esters is 1. The van der Waals surface area contributed by atoms with Crippen LogP contribution in [0.15, 0.2) is 54.6 Å². The fourth-order valence-corrected chi connectivity index (χ4v) is 2.09. The minimum atomic E-state index is -1.14. The number of benzene rings is 2. The van der Waals surface area contributed by atoms with E-state index in [1.165, 1.54) is 0 Å². The molecular weight excluding hydrogens is 296 g/mol. The summed E-state index contributed by atoms with van der Waals surface area (Å²) in [4.78, 5) is 22.8. The molecule has 23 heavy (non-hydrogen) atoms. The van der Waals surface area contributed by atoms with Gasteiger partial charge in [0.2, 0.25) is 0 Å². The van der Waals surface area contributed by atoms with Crippen LogP contribution >= 0.6 is 0 Å². The summed E-state index contributed by atoms with van der Waals surface area (Å²) in [6.45, 7) is 2.03. The highest BCUT2D eigenvalue weighted by atomic mass is 16.5. The third-order valence-electron chi connectivity index (χ3n) is 3.10. The molecule has 0 spiro atoms. The summed E-state index contributed by atoms with van der Waals surface area (Å²) >= 11 is 0. The van der Waals surface area contributed by atoms with Gasteiger partial charge in [-0.2, -0.15) is 0 Å².